The maximum atomic E-state index is 13.9. The Labute approximate surface area is 201 Å². The van der Waals surface area contributed by atoms with Crippen LogP contribution in [0.1, 0.15) is 52.0 Å². The number of H-pyrrole nitrogens is 1. The standard InChI is InChI=1S/C26H35N3O4S/c1-4-19-7-9-22(10-8-19)29(21(5-2)6-3)34(31,32)23-11-12-25-24(17-23)27-26(30)28(25)18-20-13-15-33-16-14-20/h7-12,17,20-21H,4-6,13-16,18H2,1-3H3,(H,27,30). The first-order valence-electron chi connectivity index (χ1n) is 12.3. The summed E-state index contributed by atoms with van der Waals surface area (Å²) in [6, 6.07) is 12.6. The van der Waals surface area contributed by atoms with Gasteiger partial charge in [0, 0.05) is 25.8 Å². The third-order valence-electron chi connectivity index (χ3n) is 6.96. The van der Waals surface area contributed by atoms with E-state index in [0.717, 1.165) is 43.6 Å². The summed E-state index contributed by atoms with van der Waals surface area (Å²) < 4.78 is 36.5. The number of benzene rings is 2. The molecule has 1 saturated heterocycles. The first-order chi connectivity index (χ1) is 16.4. The van der Waals surface area contributed by atoms with Crippen LogP contribution < -0.4 is 9.99 Å². The van der Waals surface area contributed by atoms with E-state index in [9.17, 15) is 13.2 Å². The van der Waals surface area contributed by atoms with Gasteiger partial charge in [-0.2, -0.15) is 0 Å². The largest absolute Gasteiger partial charge is 0.381 e. The molecule has 1 aliphatic rings. The van der Waals surface area contributed by atoms with Crippen molar-refractivity contribution in [2.45, 2.75) is 70.4 Å². The Hall–Kier alpha value is -2.58. The highest BCUT2D eigenvalue weighted by atomic mass is 32.2. The number of aryl methyl sites for hydroxylation is 1. The third kappa shape index (κ3) is 4.79. The predicted octanol–water partition coefficient (Wildman–Crippen LogP) is 4.70. The fraction of sp³-hybridized carbons (Fsp3) is 0.500. The first-order valence-corrected chi connectivity index (χ1v) is 13.8. The lowest BCUT2D eigenvalue weighted by atomic mass is 10.0. The van der Waals surface area contributed by atoms with Gasteiger partial charge in [0.2, 0.25) is 0 Å². The molecule has 0 bridgehead atoms. The fourth-order valence-corrected chi connectivity index (χ4v) is 6.65. The Balaban J connectivity index is 1.73. The topological polar surface area (TPSA) is 84.4 Å². The zero-order valence-electron chi connectivity index (χ0n) is 20.3. The van der Waals surface area contributed by atoms with Crippen LogP contribution in [-0.2, 0) is 27.7 Å². The lowest BCUT2D eigenvalue weighted by Gasteiger charge is -2.32. The molecule has 4 rings (SSSR count). The van der Waals surface area contributed by atoms with E-state index in [2.05, 4.69) is 11.9 Å². The van der Waals surface area contributed by atoms with E-state index in [1.54, 1.807) is 27.1 Å². The van der Waals surface area contributed by atoms with Crippen LogP contribution in [-0.4, -0.2) is 37.2 Å². The number of sulfonamides is 1. The van der Waals surface area contributed by atoms with E-state index in [0.29, 0.717) is 36.5 Å². The van der Waals surface area contributed by atoms with E-state index >= 15 is 0 Å². The van der Waals surface area contributed by atoms with Crippen LogP contribution in [0.4, 0.5) is 5.69 Å². The highest BCUT2D eigenvalue weighted by molar-refractivity contribution is 7.92. The zero-order chi connectivity index (χ0) is 24.3. The Morgan fingerprint density at radius 1 is 1.06 bits per heavy atom. The minimum absolute atomic E-state index is 0.162. The van der Waals surface area contributed by atoms with Crippen LogP contribution in [0.5, 0.6) is 0 Å². The van der Waals surface area contributed by atoms with Crippen LogP contribution in [0.3, 0.4) is 0 Å². The zero-order valence-corrected chi connectivity index (χ0v) is 21.1. The Morgan fingerprint density at radius 3 is 2.35 bits per heavy atom. The van der Waals surface area contributed by atoms with Crippen LogP contribution >= 0.6 is 0 Å². The maximum Gasteiger partial charge on any atom is 0.326 e. The van der Waals surface area contributed by atoms with Crippen molar-refractivity contribution in [2.24, 2.45) is 5.92 Å². The average molecular weight is 486 g/mol. The van der Waals surface area contributed by atoms with E-state index in [1.165, 1.54) is 0 Å². The van der Waals surface area contributed by atoms with Crippen LogP contribution in [0, 0.1) is 5.92 Å². The van der Waals surface area contributed by atoms with Gasteiger partial charge in [-0.1, -0.05) is 32.9 Å². The predicted molar refractivity (Wildman–Crippen MR) is 136 cm³/mol. The molecule has 1 aromatic heterocycles. The highest BCUT2D eigenvalue weighted by Gasteiger charge is 2.31. The summed E-state index contributed by atoms with van der Waals surface area (Å²) in [5, 5.41) is 0. The van der Waals surface area contributed by atoms with E-state index in [-0.39, 0.29) is 16.6 Å². The van der Waals surface area contributed by atoms with E-state index in [4.69, 9.17) is 4.74 Å². The van der Waals surface area contributed by atoms with Gasteiger partial charge >= 0.3 is 5.69 Å². The molecule has 1 fully saturated rings. The summed E-state index contributed by atoms with van der Waals surface area (Å²) >= 11 is 0. The van der Waals surface area contributed by atoms with Crippen LogP contribution in [0.25, 0.3) is 11.0 Å². The fourth-order valence-electron chi connectivity index (χ4n) is 4.83. The molecule has 0 amide bonds. The number of ether oxygens (including phenoxy) is 1. The molecule has 7 nitrogen and oxygen atoms in total. The van der Waals surface area contributed by atoms with Gasteiger partial charge < -0.3 is 9.72 Å². The molecular weight excluding hydrogens is 450 g/mol. The molecule has 2 heterocycles. The number of nitrogens with one attached hydrogen (secondary N) is 1. The van der Waals surface area contributed by atoms with E-state index < -0.39 is 10.0 Å². The molecule has 8 heteroatoms. The van der Waals surface area contributed by atoms with Crippen molar-refractivity contribution in [2.75, 3.05) is 17.5 Å². The molecule has 0 spiro atoms. The van der Waals surface area contributed by atoms with Crippen molar-refractivity contribution < 1.29 is 13.2 Å². The summed E-state index contributed by atoms with van der Waals surface area (Å²) in [7, 11) is -3.83. The van der Waals surface area contributed by atoms with Gasteiger partial charge in [0.05, 0.1) is 21.6 Å². The minimum Gasteiger partial charge on any atom is -0.381 e. The number of rotatable bonds is 9. The van der Waals surface area contributed by atoms with Gasteiger partial charge in [-0.25, -0.2) is 13.2 Å². The molecule has 0 aliphatic carbocycles. The monoisotopic (exact) mass is 485 g/mol. The lowest BCUT2D eigenvalue weighted by Crippen LogP contribution is -2.39. The molecule has 0 unspecified atom stereocenters. The quantitative estimate of drug-likeness (QED) is 0.476. The van der Waals surface area contributed by atoms with Gasteiger partial charge in [-0.3, -0.25) is 8.87 Å². The van der Waals surface area contributed by atoms with Gasteiger partial charge in [0.25, 0.3) is 10.0 Å². The second kappa shape index (κ2) is 10.4. The summed E-state index contributed by atoms with van der Waals surface area (Å²) in [4.78, 5) is 15.8. The number of aromatic amines is 1. The van der Waals surface area contributed by atoms with Crippen molar-refractivity contribution in [1.29, 1.82) is 0 Å². The van der Waals surface area contributed by atoms with Crippen LogP contribution in [0.2, 0.25) is 0 Å². The number of hydrogen-bond acceptors (Lipinski definition) is 4. The molecule has 0 radical (unpaired) electrons. The second-order valence-corrected chi connectivity index (χ2v) is 10.9. The number of anilines is 1. The van der Waals surface area contributed by atoms with Crippen LogP contribution in [0.15, 0.2) is 52.2 Å². The number of fused-ring (bicyclic) bond motifs is 1. The highest BCUT2D eigenvalue weighted by Crippen LogP contribution is 2.30. The Morgan fingerprint density at radius 2 is 1.74 bits per heavy atom. The molecule has 34 heavy (non-hydrogen) atoms. The summed E-state index contributed by atoms with van der Waals surface area (Å²) in [6.45, 7) is 8.14. The smallest absolute Gasteiger partial charge is 0.326 e. The molecular formula is C26H35N3O4S. The van der Waals surface area contributed by atoms with Crippen molar-refractivity contribution >= 4 is 26.7 Å². The number of aromatic nitrogens is 2. The number of nitrogens with zero attached hydrogens (tertiary/aromatic N) is 2. The minimum atomic E-state index is -3.83. The van der Waals surface area contributed by atoms with Gasteiger partial charge in [-0.05, 0) is 73.9 Å². The summed E-state index contributed by atoms with van der Waals surface area (Å²) in [6.07, 6.45) is 4.14. The van der Waals surface area contributed by atoms with Crippen molar-refractivity contribution in [3.8, 4) is 0 Å². The molecule has 2 aromatic carbocycles. The summed E-state index contributed by atoms with van der Waals surface area (Å²) in [5.41, 5.74) is 2.90. The molecule has 0 atom stereocenters. The Kier molecular flexibility index (Phi) is 7.48. The van der Waals surface area contributed by atoms with Crippen molar-refractivity contribution in [3.05, 3.63) is 58.5 Å². The van der Waals surface area contributed by atoms with Crippen molar-refractivity contribution in [3.63, 3.8) is 0 Å². The lowest BCUT2D eigenvalue weighted by molar-refractivity contribution is 0.0613. The first kappa shape index (κ1) is 24.5. The molecule has 184 valence electrons. The molecule has 3 aromatic rings. The average Bonchev–Trinajstić information content (AvgIpc) is 3.17. The number of imidazole rings is 1. The van der Waals surface area contributed by atoms with E-state index in [1.807, 2.05) is 38.1 Å². The maximum absolute atomic E-state index is 13.9. The molecule has 1 N–H and O–H groups in total. The number of hydrogen-bond donors (Lipinski definition) is 1. The molecule has 1 aliphatic heterocycles. The molecule has 0 saturated carbocycles. The normalized spacial score (nSPS) is 15.3. The third-order valence-corrected chi connectivity index (χ3v) is 8.83. The van der Waals surface area contributed by atoms with Gasteiger partial charge in [0.15, 0.2) is 0 Å². The SMILES string of the molecule is CCc1ccc(N(C(CC)CC)S(=O)(=O)c2ccc3c(c2)[nH]c(=O)n3CC2CCOCC2)cc1. The van der Waals surface area contributed by atoms with Crippen molar-refractivity contribution in [1.82, 2.24) is 9.55 Å². The summed E-state index contributed by atoms with van der Waals surface area (Å²) in [5.74, 6) is 0.380. The second-order valence-electron chi connectivity index (χ2n) is 9.07. The van der Waals surface area contributed by atoms with Gasteiger partial charge in [-0.15, -0.1) is 0 Å². The van der Waals surface area contributed by atoms with Gasteiger partial charge in [0.1, 0.15) is 0 Å². The Bertz CT molecular complexity index is 1270.